The number of nitrogens with two attached hydrogens (primary N) is 3. The number of rotatable bonds is 37. The van der Waals surface area contributed by atoms with Crippen molar-refractivity contribution in [1.29, 1.82) is 5.41 Å². The minimum atomic E-state index is -1.78. The number of amides is 4. The largest absolute Gasteiger partial charge is 0.480 e. The molecule has 4 rings (SSSR count). The van der Waals surface area contributed by atoms with Crippen molar-refractivity contribution < 1.29 is 83.6 Å². The summed E-state index contributed by atoms with van der Waals surface area (Å²) in [5, 5.41) is 97.1. The summed E-state index contributed by atoms with van der Waals surface area (Å²) in [5.74, 6) is -6.99. The molecule has 15 atom stereocenters. The van der Waals surface area contributed by atoms with Gasteiger partial charge in [0.25, 0.3) is 5.56 Å². The highest BCUT2D eigenvalue weighted by atomic mass is 16.7. The summed E-state index contributed by atoms with van der Waals surface area (Å²) in [6, 6.07) is -7.24. The Labute approximate surface area is 490 Å². The SMILES string of the molecule is CC(C)[C@H](NC(=O)N[C@H](C(=O)N[C@H](C(=O)NCCCN[C@H](C(=O)O)[C@H](C[C@H]1O[C@@H](n2ccc(=O)[nH]c2=O)[C@H](O)[C@@H]1O)O[C@@H]1O[C@H](CN)[C@@H](O)[C@H]1O)[C@@H](OC(=O)CCCCCCCCCCCCN(O)C(=N)N)C(C)C)[C@@H]1CCN=C(N)N1)C(=O)O. The molecule has 0 unspecified atom stereocenters. The van der Waals surface area contributed by atoms with Crippen molar-refractivity contribution in [3.05, 3.63) is 33.1 Å². The third kappa shape index (κ3) is 22.0. The fourth-order valence-corrected chi connectivity index (χ4v) is 9.99. The van der Waals surface area contributed by atoms with Crippen LogP contribution in [0.4, 0.5) is 4.79 Å². The number of guanidine groups is 2. The molecule has 0 spiro atoms. The average Bonchev–Trinajstić information content (AvgIpc) is 2.66. The van der Waals surface area contributed by atoms with Gasteiger partial charge in [0.2, 0.25) is 17.8 Å². The van der Waals surface area contributed by atoms with Crippen molar-refractivity contribution in [2.24, 2.45) is 34.0 Å². The number of ether oxygens (including phenoxy) is 4. The predicted octanol–water partition coefficient (Wildman–Crippen LogP) is -3.73. The Morgan fingerprint density at radius 1 is 0.800 bits per heavy atom. The maximum Gasteiger partial charge on any atom is 0.330 e. The van der Waals surface area contributed by atoms with E-state index in [0.29, 0.717) is 30.9 Å². The molecule has 33 heteroatoms. The van der Waals surface area contributed by atoms with E-state index in [1.807, 2.05) is 4.98 Å². The molecule has 0 radical (unpaired) electrons. The van der Waals surface area contributed by atoms with E-state index in [0.717, 1.165) is 61.8 Å². The Balaban J connectivity index is 1.50. The van der Waals surface area contributed by atoms with Gasteiger partial charge in [0.15, 0.2) is 18.5 Å². The smallest absolute Gasteiger partial charge is 0.330 e. The maximum atomic E-state index is 14.5. The van der Waals surface area contributed by atoms with Crippen LogP contribution in [0.1, 0.15) is 124 Å². The molecule has 33 nitrogen and oxygen atoms in total. The lowest BCUT2D eigenvalue weighted by molar-refractivity contribution is -0.206. The third-order valence-electron chi connectivity index (χ3n) is 14.8. The van der Waals surface area contributed by atoms with Crippen LogP contribution in [0.15, 0.2) is 26.8 Å². The van der Waals surface area contributed by atoms with Crippen molar-refractivity contribution in [2.75, 3.05) is 32.7 Å². The zero-order valence-electron chi connectivity index (χ0n) is 48.5. The molecule has 0 aromatic carbocycles. The summed E-state index contributed by atoms with van der Waals surface area (Å²) in [7, 11) is 0. The minimum absolute atomic E-state index is 0.0214. The third-order valence-corrected chi connectivity index (χ3v) is 14.8. The Morgan fingerprint density at radius 2 is 1.42 bits per heavy atom. The highest BCUT2D eigenvalue weighted by Gasteiger charge is 2.50. The van der Waals surface area contributed by atoms with E-state index in [-0.39, 0.29) is 51.4 Å². The first-order valence-corrected chi connectivity index (χ1v) is 28.9. The lowest BCUT2D eigenvalue weighted by atomic mass is 9.96. The van der Waals surface area contributed by atoms with Crippen molar-refractivity contribution in [1.82, 2.24) is 46.5 Å². The fourth-order valence-electron chi connectivity index (χ4n) is 9.99. The minimum Gasteiger partial charge on any atom is -0.480 e. The van der Waals surface area contributed by atoms with Gasteiger partial charge in [-0.05, 0) is 44.1 Å². The Hall–Kier alpha value is -6.56. The van der Waals surface area contributed by atoms with Gasteiger partial charge in [-0.1, -0.05) is 79.1 Å². The van der Waals surface area contributed by atoms with Gasteiger partial charge in [0.1, 0.15) is 60.8 Å². The van der Waals surface area contributed by atoms with Gasteiger partial charge in [0.05, 0.1) is 18.2 Å². The number of hydroxylamine groups is 2. The molecule has 3 aliphatic rings. The zero-order chi connectivity index (χ0) is 63.1. The molecule has 2 fully saturated rings. The number of hydrogen-bond acceptors (Lipinski definition) is 23. The van der Waals surface area contributed by atoms with Crippen LogP contribution in [-0.4, -0.2) is 216 Å². The van der Waals surface area contributed by atoms with Gasteiger partial charge in [-0.15, -0.1) is 0 Å². The topological polar surface area (TPSA) is 526 Å². The first kappa shape index (κ1) is 70.9. The van der Waals surface area contributed by atoms with Gasteiger partial charge in [-0.2, -0.15) is 0 Å². The molecule has 21 N–H and O–H groups in total. The van der Waals surface area contributed by atoms with E-state index in [9.17, 15) is 74.2 Å². The lowest BCUT2D eigenvalue weighted by Crippen LogP contribution is -2.66. The molecule has 0 aliphatic carbocycles. The molecule has 4 amide bonds. The molecule has 85 heavy (non-hydrogen) atoms. The number of esters is 1. The summed E-state index contributed by atoms with van der Waals surface area (Å²) in [6.45, 7) is 6.18. The Bertz CT molecular complexity index is 2490. The molecular weight excluding hydrogens is 1120 g/mol. The van der Waals surface area contributed by atoms with Crippen LogP contribution >= 0.6 is 0 Å². The number of H-pyrrole nitrogens is 1. The number of aliphatic hydroxyl groups excluding tert-OH is 4. The van der Waals surface area contributed by atoms with Gasteiger partial charge in [-0.3, -0.25) is 49.1 Å². The maximum absolute atomic E-state index is 14.5. The molecule has 482 valence electrons. The number of carboxylic acid groups (broad SMARTS) is 2. The normalized spacial score (nSPS) is 24.2. The summed E-state index contributed by atoms with van der Waals surface area (Å²) in [5.41, 5.74) is 15.2. The van der Waals surface area contributed by atoms with E-state index in [1.165, 1.54) is 0 Å². The number of nitrogens with one attached hydrogen (secondary N) is 8. The number of aliphatic imine (C=N–C) groups is 1. The van der Waals surface area contributed by atoms with E-state index in [2.05, 4.69) is 36.9 Å². The predicted molar refractivity (Wildman–Crippen MR) is 301 cm³/mol. The first-order chi connectivity index (χ1) is 40.2. The molecule has 0 bridgehead atoms. The average molecular weight is 1220 g/mol. The van der Waals surface area contributed by atoms with Crippen molar-refractivity contribution in [2.45, 2.75) is 209 Å². The summed E-state index contributed by atoms with van der Waals surface area (Å²) in [6.07, 6.45) is -6.49. The first-order valence-electron chi connectivity index (χ1n) is 28.9. The lowest BCUT2D eigenvalue weighted by Gasteiger charge is -2.34. The number of carbonyl (C=O) groups is 6. The van der Waals surface area contributed by atoms with Crippen LogP contribution in [0, 0.1) is 17.2 Å². The number of aromatic nitrogens is 2. The van der Waals surface area contributed by atoms with E-state index in [1.54, 1.807) is 27.7 Å². The molecule has 2 saturated heterocycles. The van der Waals surface area contributed by atoms with Crippen LogP contribution in [0.2, 0.25) is 0 Å². The number of aromatic amines is 1. The van der Waals surface area contributed by atoms with E-state index in [4.69, 9.17) is 41.6 Å². The van der Waals surface area contributed by atoms with Crippen molar-refractivity contribution in [3.8, 4) is 0 Å². The molecular formula is C52H90N14O19. The number of hydrogen-bond donors (Lipinski definition) is 18. The summed E-state index contributed by atoms with van der Waals surface area (Å²) in [4.78, 5) is 111. The molecule has 4 heterocycles. The summed E-state index contributed by atoms with van der Waals surface area (Å²) >= 11 is 0. The van der Waals surface area contributed by atoms with Crippen LogP contribution in [0.3, 0.4) is 0 Å². The fraction of sp³-hybridized carbons (Fsp3) is 0.769. The van der Waals surface area contributed by atoms with Crippen molar-refractivity contribution in [3.63, 3.8) is 0 Å². The quantitative estimate of drug-likeness (QED) is 0.0100. The number of aliphatic hydroxyl groups is 4. The zero-order valence-corrected chi connectivity index (χ0v) is 48.5. The van der Waals surface area contributed by atoms with Gasteiger partial charge in [0, 0.05) is 51.3 Å². The highest BCUT2D eigenvalue weighted by Crippen LogP contribution is 2.33. The number of urea groups is 1. The molecule has 1 aromatic rings. The Kier molecular flexibility index (Phi) is 29.3. The van der Waals surface area contributed by atoms with Gasteiger partial charge in [-0.25, -0.2) is 19.4 Å². The van der Waals surface area contributed by atoms with Crippen LogP contribution in [0.5, 0.6) is 0 Å². The number of carbonyl (C=O) groups excluding carboxylic acids is 4. The van der Waals surface area contributed by atoms with Gasteiger partial charge >= 0.3 is 29.6 Å². The number of carboxylic acids is 2. The van der Waals surface area contributed by atoms with Crippen LogP contribution in [-0.2, 0) is 42.9 Å². The molecule has 1 aromatic heterocycles. The Morgan fingerprint density at radius 3 is 1.99 bits per heavy atom. The number of nitrogens with zero attached hydrogens (tertiary/aromatic N) is 3. The van der Waals surface area contributed by atoms with Crippen molar-refractivity contribution >= 4 is 47.7 Å². The number of unbranched alkanes of at least 4 members (excludes halogenated alkanes) is 9. The second kappa shape index (κ2) is 35.2. The number of aliphatic carboxylic acids is 2. The monoisotopic (exact) mass is 1210 g/mol. The standard InChI is InChI=1S/C52H90N14O19/c1-26(2)34(46(75)76)63-51(79)64-35(28-17-21-59-50(56)60-28)44(74)62-37(42(27(3)4)85-33(68)16-13-11-9-7-5-6-8-10-12-14-22-66(81)49(54)55)43(73)58-20-15-19-57-36(47(77)78)29(83-48-41(72)39(70)31(25-53)84-48)24-30-38(69)40(71)45(82-30)65-23-18-32(67)61-52(65)80/h18,23,26-31,34-42,45,48,57,69-72,81H,5-17,19-22,24-25,53H2,1-4H3,(H3,54,55)(H,58,73)(H,62,74)(H,75,76)(H,77,78)(H3,56,59,60)(H,61,67,80)(H2,63,64,79)/t28-,29-,30+,31+,34-,35-,36-,37-,38+,39+,40+,41+,42-,45+,48+/m0/s1. The second-order valence-electron chi connectivity index (χ2n) is 22.1. The van der Waals surface area contributed by atoms with E-state index < -0.39 is 163 Å². The molecule has 0 saturated carbocycles. The molecule has 3 aliphatic heterocycles. The summed E-state index contributed by atoms with van der Waals surface area (Å²) < 4.78 is 24.2. The van der Waals surface area contributed by atoms with E-state index >= 15 is 0 Å². The van der Waals surface area contributed by atoms with Gasteiger partial charge < -0.3 is 98.7 Å². The second-order valence-corrected chi connectivity index (χ2v) is 22.1. The highest BCUT2D eigenvalue weighted by molar-refractivity contribution is 5.94. The van der Waals surface area contributed by atoms with Crippen LogP contribution in [0.25, 0.3) is 0 Å². The van der Waals surface area contributed by atoms with Crippen LogP contribution < -0.4 is 60.4 Å².